The molecule has 0 bridgehead atoms. The zero-order valence-corrected chi connectivity index (χ0v) is 12.4. The summed E-state index contributed by atoms with van der Waals surface area (Å²) in [6.07, 6.45) is 7.40. The van der Waals surface area contributed by atoms with E-state index in [1.807, 2.05) is 0 Å². The monoisotopic (exact) mass is 286 g/mol. The third-order valence-corrected chi connectivity index (χ3v) is 2.80. The van der Waals surface area contributed by atoms with Gasteiger partial charge in [-0.1, -0.05) is 25.5 Å². The van der Waals surface area contributed by atoms with Crippen LogP contribution in [0, 0.1) is 5.92 Å². The van der Waals surface area contributed by atoms with Crippen molar-refractivity contribution in [3.8, 4) is 0 Å². The average molecular weight is 286 g/mol. The predicted octanol–water partition coefficient (Wildman–Crippen LogP) is 2.53. The largest absolute Gasteiger partial charge is 0.481 e. The molecule has 0 saturated heterocycles. The number of aliphatic hydroxyl groups excluding tert-OH is 1. The number of aliphatic carboxylic acids is 1. The van der Waals surface area contributed by atoms with Gasteiger partial charge in [0.05, 0.1) is 18.4 Å². The van der Waals surface area contributed by atoms with Gasteiger partial charge in [-0.05, 0) is 32.6 Å². The van der Waals surface area contributed by atoms with Gasteiger partial charge in [0.25, 0.3) is 0 Å². The van der Waals surface area contributed by atoms with Crippen LogP contribution in [0.2, 0.25) is 0 Å². The van der Waals surface area contributed by atoms with E-state index < -0.39 is 24.0 Å². The van der Waals surface area contributed by atoms with Crippen LogP contribution in [0.25, 0.3) is 0 Å². The third-order valence-electron chi connectivity index (χ3n) is 2.80. The van der Waals surface area contributed by atoms with Crippen molar-refractivity contribution in [2.75, 3.05) is 6.61 Å². The topological polar surface area (TPSA) is 83.8 Å². The Labute approximate surface area is 120 Å². The molecule has 2 unspecified atom stereocenters. The molecule has 2 atom stereocenters. The second-order valence-electron chi connectivity index (χ2n) is 4.94. The molecule has 116 valence electrons. The molecule has 0 aromatic rings. The highest BCUT2D eigenvalue weighted by atomic mass is 16.5. The van der Waals surface area contributed by atoms with Gasteiger partial charge in [0.1, 0.15) is 6.61 Å². The van der Waals surface area contributed by atoms with Crippen LogP contribution in [0.4, 0.5) is 0 Å². The van der Waals surface area contributed by atoms with Crippen LogP contribution in [0.3, 0.4) is 0 Å². The van der Waals surface area contributed by atoms with Gasteiger partial charge >= 0.3 is 11.9 Å². The number of ether oxygens (including phenoxy) is 1. The Balaban J connectivity index is 4.10. The van der Waals surface area contributed by atoms with Crippen LogP contribution in [0.5, 0.6) is 0 Å². The van der Waals surface area contributed by atoms with Gasteiger partial charge in [0, 0.05) is 0 Å². The van der Waals surface area contributed by atoms with Gasteiger partial charge in [-0.3, -0.25) is 9.59 Å². The van der Waals surface area contributed by atoms with Crippen LogP contribution in [0.15, 0.2) is 12.2 Å². The minimum absolute atomic E-state index is 0.0891. The van der Waals surface area contributed by atoms with Gasteiger partial charge in [0.15, 0.2) is 0 Å². The molecule has 5 heteroatoms. The summed E-state index contributed by atoms with van der Waals surface area (Å²) in [6, 6.07) is 0. The number of aliphatic hydroxyl groups is 1. The molecular weight excluding hydrogens is 260 g/mol. The lowest BCUT2D eigenvalue weighted by molar-refractivity contribution is -0.155. The van der Waals surface area contributed by atoms with Crippen molar-refractivity contribution in [1.82, 2.24) is 0 Å². The van der Waals surface area contributed by atoms with E-state index in [4.69, 9.17) is 14.9 Å². The van der Waals surface area contributed by atoms with Crippen LogP contribution >= 0.6 is 0 Å². The zero-order chi connectivity index (χ0) is 15.4. The summed E-state index contributed by atoms with van der Waals surface area (Å²) < 4.78 is 4.90. The fraction of sp³-hybridized carbons (Fsp3) is 0.733. The lowest BCUT2D eigenvalue weighted by Crippen LogP contribution is -2.24. The smallest absolute Gasteiger partial charge is 0.309 e. The molecule has 0 heterocycles. The molecule has 0 aliphatic rings. The summed E-state index contributed by atoms with van der Waals surface area (Å²) in [5.41, 5.74) is 0. The van der Waals surface area contributed by atoms with Crippen molar-refractivity contribution >= 4 is 11.9 Å². The van der Waals surface area contributed by atoms with Crippen LogP contribution in [0.1, 0.15) is 52.4 Å². The highest BCUT2D eigenvalue weighted by Crippen LogP contribution is 2.16. The molecule has 5 nitrogen and oxygen atoms in total. The molecule has 0 aliphatic carbocycles. The van der Waals surface area contributed by atoms with E-state index in [2.05, 4.69) is 19.1 Å². The van der Waals surface area contributed by atoms with Crippen LogP contribution in [-0.4, -0.2) is 34.9 Å². The number of hydrogen-bond donors (Lipinski definition) is 2. The standard InChI is InChI=1S/C15H26O5/c1-3-4-5-6-7-8-9-13(10-14(17)18)15(19)20-11-12(2)16/h4-5,12-13,16H,3,6-11H2,1-2H3,(H,17,18)/b5-4+. The first-order valence-electron chi connectivity index (χ1n) is 7.18. The van der Waals surface area contributed by atoms with Crippen molar-refractivity contribution in [3.05, 3.63) is 12.2 Å². The number of carboxylic acids is 1. The number of esters is 1. The van der Waals surface area contributed by atoms with Gasteiger partial charge in [-0.25, -0.2) is 0 Å². The Morgan fingerprint density at radius 2 is 1.95 bits per heavy atom. The van der Waals surface area contributed by atoms with Gasteiger partial charge in [-0.15, -0.1) is 0 Å². The summed E-state index contributed by atoms with van der Waals surface area (Å²) in [5, 5.41) is 17.9. The number of carbonyl (C=O) groups excluding carboxylic acids is 1. The molecule has 0 rings (SSSR count). The van der Waals surface area contributed by atoms with E-state index in [9.17, 15) is 9.59 Å². The SMILES string of the molecule is CC/C=C/CCCCC(CC(=O)O)C(=O)OCC(C)O. The highest BCUT2D eigenvalue weighted by molar-refractivity contribution is 5.79. The van der Waals surface area contributed by atoms with Crippen molar-refractivity contribution < 1.29 is 24.5 Å². The summed E-state index contributed by atoms with van der Waals surface area (Å²) in [4.78, 5) is 22.5. The maximum Gasteiger partial charge on any atom is 0.309 e. The number of allylic oxidation sites excluding steroid dienone is 2. The second-order valence-corrected chi connectivity index (χ2v) is 4.94. The molecule has 0 spiro atoms. The van der Waals surface area contributed by atoms with Gasteiger partial charge in [0.2, 0.25) is 0 Å². The minimum Gasteiger partial charge on any atom is -0.481 e. The molecule has 0 saturated carbocycles. The normalized spacial score (nSPS) is 14.2. The Kier molecular flexibility index (Phi) is 10.7. The molecule has 0 amide bonds. The fourth-order valence-corrected chi connectivity index (χ4v) is 1.77. The van der Waals surface area contributed by atoms with Gasteiger partial charge in [-0.2, -0.15) is 0 Å². The van der Waals surface area contributed by atoms with E-state index in [-0.39, 0.29) is 13.0 Å². The minimum atomic E-state index is -1.00. The highest BCUT2D eigenvalue weighted by Gasteiger charge is 2.23. The quantitative estimate of drug-likeness (QED) is 0.346. The van der Waals surface area contributed by atoms with Crippen molar-refractivity contribution in [2.45, 2.75) is 58.5 Å². The Morgan fingerprint density at radius 1 is 1.25 bits per heavy atom. The second kappa shape index (κ2) is 11.5. The summed E-state index contributed by atoms with van der Waals surface area (Å²) in [7, 11) is 0. The molecular formula is C15H26O5. The van der Waals surface area contributed by atoms with E-state index in [0.29, 0.717) is 6.42 Å². The van der Waals surface area contributed by atoms with Gasteiger partial charge < -0.3 is 14.9 Å². The van der Waals surface area contributed by atoms with Crippen LogP contribution in [-0.2, 0) is 14.3 Å². The molecule has 0 fully saturated rings. The van der Waals surface area contributed by atoms with Crippen molar-refractivity contribution in [2.24, 2.45) is 5.92 Å². The first kappa shape index (κ1) is 18.6. The first-order valence-corrected chi connectivity index (χ1v) is 7.18. The Morgan fingerprint density at radius 3 is 2.50 bits per heavy atom. The Hall–Kier alpha value is -1.36. The maximum absolute atomic E-state index is 11.7. The van der Waals surface area contributed by atoms with Crippen molar-refractivity contribution in [1.29, 1.82) is 0 Å². The van der Waals surface area contributed by atoms with E-state index in [1.54, 1.807) is 0 Å². The average Bonchev–Trinajstić information content (AvgIpc) is 2.38. The summed E-state index contributed by atoms with van der Waals surface area (Å²) in [5.74, 6) is -2.16. The Bertz CT molecular complexity index is 309. The van der Waals surface area contributed by atoms with E-state index >= 15 is 0 Å². The number of hydrogen-bond acceptors (Lipinski definition) is 4. The van der Waals surface area contributed by atoms with Crippen LogP contribution < -0.4 is 0 Å². The van der Waals surface area contributed by atoms with E-state index in [1.165, 1.54) is 6.92 Å². The molecule has 0 radical (unpaired) electrons. The number of carbonyl (C=O) groups is 2. The maximum atomic E-state index is 11.7. The molecule has 0 aromatic carbocycles. The van der Waals surface area contributed by atoms with Crippen molar-refractivity contribution in [3.63, 3.8) is 0 Å². The van der Waals surface area contributed by atoms with E-state index in [0.717, 1.165) is 25.7 Å². The number of unbranched alkanes of at least 4 members (excludes halogenated alkanes) is 2. The number of rotatable bonds is 11. The predicted molar refractivity (Wildman–Crippen MR) is 76.3 cm³/mol. The fourth-order valence-electron chi connectivity index (χ4n) is 1.77. The number of carboxylic acid groups (broad SMARTS) is 1. The molecule has 2 N–H and O–H groups in total. The molecule has 0 aliphatic heterocycles. The first-order chi connectivity index (χ1) is 9.47. The third kappa shape index (κ3) is 10.6. The molecule has 0 aromatic heterocycles. The lowest BCUT2D eigenvalue weighted by atomic mass is 9.98. The summed E-state index contributed by atoms with van der Waals surface area (Å²) in [6.45, 7) is 3.49. The molecule has 20 heavy (non-hydrogen) atoms. The zero-order valence-electron chi connectivity index (χ0n) is 12.4. The lowest BCUT2D eigenvalue weighted by Gasteiger charge is -2.14. The summed E-state index contributed by atoms with van der Waals surface area (Å²) >= 11 is 0.